The first-order valence-electron chi connectivity index (χ1n) is 10.3. The molecule has 0 spiro atoms. The van der Waals surface area contributed by atoms with Crippen LogP contribution in [0.4, 0.5) is 0 Å². The van der Waals surface area contributed by atoms with E-state index in [1.807, 2.05) is 13.8 Å². The molecule has 3 fully saturated rings. The molecule has 0 N–H and O–H groups in total. The van der Waals surface area contributed by atoms with E-state index in [1.54, 1.807) is 6.92 Å². The molecule has 4 atom stereocenters. The van der Waals surface area contributed by atoms with Gasteiger partial charge in [-0.2, -0.15) is 0 Å². The second-order valence-corrected chi connectivity index (χ2v) is 8.16. The quantitative estimate of drug-likeness (QED) is 0.584. The summed E-state index contributed by atoms with van der Waals surface area (Å²) in [5, 5.41) is 0. The average Bonchev–Trinajstić information content (AvgIpc) is 2.56. The number of hydrogen-bond donors (Lipinski definition) is 0. The van der Waals surface area contributed by atoms with Crippen LogP contribution in [0.1, 0.15) is 91.9 Å². The second-order valence-electron chi connectivity index (χ2n) is 8.16. The summed E-state index contributed by atoms with van der Waals surface area (Å²) in [4.78, 5) is 11.1. The molecule has 0 radical (unpaired) electrons. The molecular weight excluding hydrogens is 284 g/mol. The molecule has 0 amide bonds. The second kappa shape index (κ2) is 9.08. The van der Waals surface area contributed by atoms with E-state index in [4.69, 9.17) is 4.74 Å². The highest BCUT2D eigenvalue weighted by atomic mass is 16.5. The van der Waals surface area contributed by atoms with Crippen LogP contribution >= 0.6 is 0 Å². The van der Waals surface area contributed by atoms with Crippen molar-refractivity contribution in [2.75, 3.05) is 0 Å². The predicted molar refractivity (Wildman–Crippen MR) is 96.2 cm³/mol. The van der Waals surface area contributed by atoms with Gasteiger partial charge in [0.2, 0.25) is 0 Å². The summed E-state index contributed by atoms with van der Waals surface area (Å²) in [5.41, 5.74) is 0. The molecule has 0 aliphatic heterocycles. The first-order chi connectivity index (χ1) is 11.1. The molecule has 3 rings (SSSR count). The summed E-state index contributed by atoms with van der Waals surface area (Å²) in [5.74, 6) is 4.66. The molecule has 0 heterocycles. The Kier molecular flexibility index (Phi) is 7.43. The standard InChI is InChI=1S/C19H32O2.C2H6/c1-13-3-5-15(6-4-13)16-7-8-18-12-19(21-14(2)20)10-9-17(18)11-16;1-2/h13,15-19H,3-12H2,1-2H3;1-2H3. The third-order valence-corrected chi connectivity index (χ3v) is 6.67. The van der Waals surface area contributed by atoms with Gasteiger partial charge in [-0.15, -0.1) is 0 Å². The maximum absolute atomic E-state index is 11.1. The van der Waals surface area contributed by atoms with E-state index in [0.717, 1.165) is 42.4 Å². The van der Waals surface area contributed by atoms with Gasteiger partial charge >= 0.3 is 5.97 Å². The van der Waals surface area contributed by atoms with Crippen LogP contribution in [0.3, 0.4) is 0 Å². The highest BCUT2D eigenvalue weighted by Crippen LogP contribution is 2.48. The zero-order valence-electron chi connectivity index (χ0n) is 15.9. The third-order valence-electron chi connectivity index (χ3n) is 6.67. The largest absolute Gasteiger partial charge is 0.463 e. The van der Waals surface area contributed by atoms with Crippen LogP contribution < -0.4 is 0 Å². The van der Waals surface area contributed by atoms with E-state index in [0.29, 0.717) is 0 Å². The molecule has 3 saturated carbocycles. The fourth-order valence-electron chi connectivity index (χ4n) is 5.41. The van der Waals surface area contributed by atoms with E-state index in [-0.39, 0.29) is 12.1 Å². The van der Waals surface area contributed by atoms with E-state index < -0.39 is 0 Å². The van der Waals surface area contributed by atoms with Crippen molar-refractivity contribution < 1.29 is 9.53 Å². The van der Waals surface area contributed by atoms with Gasteiger partial charge in [0.25, 0.3) is 0 Å². The normalized spacial score (nSPS) is 40.3. The van der Waals surface area contributed by atoms with Crippen molar-refractivity contribution in [1.29, 1.82) is 0 Å². The fraction of sp³-hybridized carbons (Fsp3) is 0.952. The van der Waals surface area contributed by atoms with Crippen LogP contribution in [0, 0.1) is 29.6 Å². The molecule has 4 unspecified atom stereocenters. The molecule has 0 saturated heterocycles. The molecule has 134 valence electrons. The Morgan fingerprint density at radius 3 is 1.83 bits per heavy atom. The van der Waals surface area contributed by atoms with Gasteiger partial charge in [-0.05, 0) is 81.0 Å². The Bertz CT molecular complexity index is 357. The van der Waals surface area contributed by atoms with E-state index in [9.17, 15) is 4.79 Å². The lowest BCUT2D eigenvalue weighted by molar-refractivity contribution is -0.150. The van der Waals surface area contributed by atoms with Crippen LogP contribution in [0.15, 0.2) is 0 Å². The Morgan fingerprint density at radius 1 is 0.739 bits per heavy atom. The third kappa shape index (κ3) is 5.22. The maximum Gasteiger partial charge on any atom is 0.302 e. The highest BCUT2D eigenvalue weighted by Gasteiger charge is 2.39. The Labute approximate surface area is 143 Å². The van der Waals surface area contributed by atoms with Crippen LogP contribution in [0.25, 0.3) is 0 Å². The number of fused-ring (bicyclic) bond motifs is 1. The summed E-state index contributed by atoms with van der Waals surface area (Å²) < 4.78 is 5.46. The van der Waals surface area contributed by atoms with Crippen molar-refractivity contribution in [2.24, 2.45) is 29.6 Å². The molecular formula is C21H38O2. The highest BCUT2D eigenvalue weighted by molar-refractivity contribution is 5.66. The number of rotatable bonds is 2. The van der Waals surface area contributed by atoms with Crippen molar-refractivity contribution >= 4 is 5.97 Å². The molecule has 2 nitrogen and oxygen atoms in total. The topological polar surface area (TPSA) is 26.3 Å². The molecule has 0 bridgehead atoms. The van der Waals surface area contributed by atoms with Crippen molar-refractivity contribution in [3.8, 4) is 0 Å². The summed E-state index contributed by atoms with van der Waals surface area (Å²) >= 11 is 0. The van der Waals surface area contributed by atoms with E-state index in [1.165, 1.54) is 51.4 Å². The van der Waals surface area contributed by atoms with E-state index >= 15 is 0 Å². The number of carbonyl (C=O) groups excluding carboxylic acids is 1. The van der Waals surface area contributed by atoms with Gasteiger partial charge in [-0.25, -0.2) is 0 Å². The number of esters is 1. The Morgan fingerprint density at radius 2 is 1.22 bits per heavy atom. The molecule has 0 aromatic rings. The van der Waals surface area contributed by atoms with Crippen LogP contribution in [-0.4, -0.2) is 12.1 Å². The predicted octanol–water partition coefficient (Wildman–Crippen LogP) is 5.99. The molecule has 3 aliphatic rings. The monoisotopic (exact) mass is 322 g/mol. The lowest BCUT2D eigenvalue weighted by atomic mass is 9.62. The Hall–Kier alpha value is -0.530. The van der Waals surface area contributed by atoms with Gasteiger partial charge in [0.05, 0.1) is 0 Å². The summed E-state index contributed by atoms with van der Waals surface area (Å²) in [6.07, 6.45) is 13.9. The number of carbonyl (C=O) groups is 1. The summed E-state index contributed by atoms with van der Waals surface area (Å²) in [7, 11) is 0. The number of hydrogen-bond acceptors (Lipinski definition) is 2. The smallest absolute Gasteiger partial charge is 0.302 e. The minimum absolute atomic E-state index is 0.0940. The maximum atomic E-state index is 11.1. The summed E-state index contributed by atoms with van der Waals surface area (Å²) in [6, 6.07) is 0. The van der Waals surface area contributed by atoms with Gasteiger partial charge in [0.15, 0.2) is 0 Å². The van der Waals surface area contributed by atoms with Crippen LogP contribution in [0.2, 0.25) is 0 Å². The van der Waals surface area contributed by atoms with E-state index in [2.05, 4.69) is 6.92 Å². The minimum atomic E-state index is -0.0940. The minimum Gasteiger partial charge on any atom is -0.463 e. The lowest BCUT2D eigenvalue weighted by Crippen LogP contribution is -2.37. The van der Waals surface area contributed by atoms with Crippen molar-refractivity contribution in [1.82, 2.24) is 0 Å². The van der Waals surface area contributed by atoms with Gasteiger partial charge in [-0.3, -0.25) is 4.79 Å². The zero-order valence-corrected chi connectivity index (χ0v) is 15.9. The summed E-state index contributed by atoms with van der Waals surface area (Å²) in [6.45, 7) is 7.97. The van der Waals surface area contributed by atoms with Gasteiger partial charge < -0.3 is 4.74 Å². The average molecular weight is 323 g/mol. The molecule has 0 aromatic carbocycles. The van der Waals surface area contributed by atoms with Crippen molar-refractivity contribution in [3.63, 3.8) is 0 Å². The van der Waals surface area contributed by atoms with Gasteiger partial charge in [0.1, 0.15) is 6.10 Å². The van der Waals surface area contributed by atoms with Crippen molar-refractivity contribution in [2.45, 2.75) is 98.0 Å². The molecule has 23 heavy (non-hydrogen) atoms. The Balaban J connectivity index is 0.000000924. The fourth-order valence-corrected chi connectivity index (χ4v) is 5.41. The molecule has 2 heteroatoms. The van der Waals surface area contributed by atoms with Crippen molar-refractivity contribution in [3.05, 3.63) is 0 Å². The lowest BCUT2D eigenvalue weighted by Gasteiger charge is -2.45. The molecule has 3 aliphatic carbocycles. The number of ether oxygens (including phenoxy) is 1. The first kappa shape index (κ1) is 18.8. The van der Waals surface area contributed by atoms with Crippen LogP contribution in [-0.2, 0) is 9.53 Å². The zero-order chi connectivity index (χ0) is 16.8. The van der Waals surface area contributed by atoms with Crippen LogP contribution in [0.5, 0.6) is 0 Å². The first-order valence-corrected chi connectivity index (χ1v) is 10.3. The van der Waals surface area contributed by atoms with Gasteiger partial charge in [-0.1, -0.05) is 33.6 Å². The van der Waals surface area contributed by atoms with Gasteiger partial charge in [0, 0.05) is 6.92 Å². The molecule has 0 aromatic heterocycles. The SMILES string of the molecule is CC.CC(=O)OC1CCC2CC(C3CCC(C)CC3)CCC2C1.